The summed E-state index contributed by atoms with van der Waals surface area (Å²) in [5.41, 5.74) is 0.592. The fourth-order valence-electron chi connectivity index (χ4n) is 2.31. The highest BCUT2D eigenvalue weighted by Gasteiger charge is 2.31. The van der Waals surface area contributed by atoms with Crippen LogP contribution in [0.2, 0.25) is 0 Å². The van der Waals surface area contributed by atoms with Gasteiger partial charge in [0, 0.05) is 17.1 Å². The van der Waals surface area contributed by atoms with Gasteiger partial charge in [0.2, 0.25) is 0 Å². The predicted octanol–water partition coefficient (Wildman–Crippen LogP) is 2.53. The number of halogens is 1. The van der Waals surface area contributed by atoms with E-state index in [2.05, 4.69) is 15.9 Å². The van der Waals surface area contributed by atoms with Crippen molar-refractivity contribution in [1.29, 1.82) is 0 Å². The van der Waals surface area contributed by atoms with Gasteiger partial charge in [-0.25, -0.2) is 0 Å². The molecule has 1 saturated heterocycles. The van der Waals surface area contributed by atoms with Crippen molar-refractivity contribution in [3.8, 4) is 0 Å². The number of nitrogens with zero attached hydrogens (tertiary/aromatic N) is 1. The lowest BCUT2D eigenvalue weighted by Gasteiger charge is -2.24. The van der Waals surface area contributed by atoms with E-state index < -0.39 is 5.97 Å². The lowest BCUT2D eigenvalue weighted by Crippen LogP contribution is -2.37. The molecule has 96 valence electrons. The Bertz CT molecular complexity index is 475. The Balaban J connectivity index is 2.18. The maximum atomic E-state index is 12.4. The smallest absolute Gasteiger partial charge is 0.305 e. The number of hydrogen-bond acceptors (Lipinski definition) is 2. The fraction of sp³-hybridized carbons (Fsp3) is 0.385. The highest BCUT2D eigenvalue weighted by atomic mass is 79.9. The normalized spacial score (nSPS) is 18.9. The van der Waals surface area contributed by atoms with E-state index in [-0.39, 0.29) is 18.4 Å². The third kappa shape index (κ3) is 2.72. The fourth-order valence-corrected chi connectivity index (χ4v) is 2.76. The minimum atomic E-state index is -0.855. The van der Waals surface area contributed by atoms with E-state index in [1.165, 1.54) is 0 Å². The number of carbonyl (C=O) groups is 2. The Morgan fingerprint density at radius 1 is 1.39 bits per heavy atom. The highest BCUT2D eigenvalue weighted by molar-refractivity contribution is 9.10. The molecule has 4 nitrogen and oxygen atoms in total. The Morgan fingerprint density at radius 2 is 2.11 bits per heavy atom. The van der Waals surface area contributed by atoms with Crippen LogP contribution >= 0.6 is 15.9 Å². The Hall–Kier alpha value is -1.36. The van der Waals surface area contributed by atoms with Gasteiger partial charge < -0.3 is 10.0 Å². The molecule has 0 aliphatic carbocycles. The molecule has 0 aromatic heterocycles. The summed E-state index contributed by atoms with van der Waals surface area (Å²) in [4.78, 5) is 24.8. The average molecular weight is 312 g/mol. The molecule has 0 spiro atoms. The van der Waals surface area contributed by atoms with Crippen LogP contribution in [0.3, 0.4) is 0 Å². The second-order valence-corrected chi connectivity index (χ2v) is 5.23. The zero-order valence-electron chi connectivity index (χ0n) is 9.80. The molecule has 1 N–H and O–H groups in total. The zero-order valence-corrected chi connectivity index (χ0v) is 11.4. The van der Waals surface area contributed by atoms with Gasteiger partial charge in [0.05, 0.1) is 12.0 Å². The minimum Gasteiger partial charge on any atom is -0.481 e. The van der Waals surface area contributed by atoms with E-state index in [0.717, 1.165) is 17.3 Å². The first-order chi connectivity index (χ1) is 8.59. The number of carboxylic acid groups (broad SMARTS) is 1. The number of rotatable bonds is 3. The molecule has 1 fully saturated rings. The molecule has 1 unspecified atom stereocenters. The van der Waals surface area contributed by atoms with Gasteiger partial charge in [0.25, 0.3) is 5.91 Å². The second kappa shape index (κ2) is 5.52. The SMILES string of the molecule is O=C(O)CC1CCCN1C(=O)c1ccccc1Br. The van der Waals surface area contributed by atoms with Gasteiger partial charge >= 0.3 is 5.97 Å². The molecule has 0 bridgehead atoms. The van der Waals surface area contributed by atoms with Crippen LogP contribution in [0.15, 0.2) is 28.7 Å². The van der Waals surface area contributed by atoms with Crippen LogP contribution in [0.1, 0.15) is 29.6 Å². The molecule has 1 aromatic rings. The first-order valence-corrected chi connectivity index (χ1v) is 6.66. The number of aliphatic carboxylic acids is 1. The van der Waals surface area contributed by atoms with E-state index in [0.29, 0.717) is 12.1 Å². The number of amides is 1. The summed E-state index contributed by atoms with van der Waals surface area (Å²) in [6.45, 7) is 0.637. The number of benzene rings is 1. The molecule has 0 radical (unpaired) electrons. The lowest BCUT2D eigenvalue weighted by molar-refractivity contribution is -0.137. The number of hydrogen-bond donors (Lipinski definition) is 1. The van der Waals surface area contributed by atoms with E-state index >= 15 is 0 Å². The molecule has 1 atom stereocenters. The quantitative estimate of drug-likeness (QED) is 0.933. The summed E-state index contributed by atoms with van der Waals surface area (Å²) in [6, 6.07) is 7.04. The summed E-state index contributed by atoms with van der Waals surface area (Å²) in [7, 11) is 0. The molecular weight excluding hydrogens is 298 g/mol. The van der Waals surface area contributed by atoms with E-state index in [1.54, 1.807) is 17.0 Å². The van der Waals surface area contributed by atoms with Crippen molar-refractivity contribution in [2.24, 2.45) is 0 Å². The van der Waals surface area contributed by atoms with Gasteiger partial charge in [-0.3, -0.25) is 9.59 Å². The van der Waals surface area contributed by atoms with E-state index in [4.69, 9.17) is 5.11 Å². The van der Waals surface area contributed by atoms with Gasteiger partial charge in [0.15, 0.2) is 0 Å². The monoisotopic (exact) mass is 311 g/mol. The number of likely N-dealkylation sites (tertiary alicyclic amines) is 1. The van der Waals surface area contributed by atoms with Crippen LogP contribution in [0.25, 0.3) is 0 Å². The number of carbonyl (C=O) groups excluding carboxylic acids is 1. The van der Waals surface area contributed by atoms with Gasteiger partial charge in [-0.05, 0) is 40.9 Å². The first-order valence-electron chi connectivity index (χ1n) is 5.87. The summed E-state index contributed by atoms with van der Waals surface area (Å²) >= 11 is 3.35. The van der Waals surface area contributed by atoms with Crippen molar-refractivity contribution in [1.82, 2.24) is 4.90 Å². The lowest BCUT2D eigenvalue weighted by atomic mass is 10.1. The Morgan fingerprint density at radius 3 is 2.78 bits per heavy atom. The molecule has 2 rings (SSSR count). The van der Waals surface area contributed by atoms with Gasteiger partial charge in [-0.2, -0.15) is 0 Å². The van der Waals surface area contributed by atoms with E-state index in [9.17, 15) is 9.59 Å². The van der Waals surface area contributed by atoms with Crippen molar-refractivity contribution in [3.63, 3.8) is 0 Å². The molecule has 1 aliphatic heterocycles. The van der Waals surface area contributed by atoms with Crippen molar-refractivity contribution < 1.29 is 14.7 Å². The average Bonchev–Trinajstić information content (AvgIpc) is 2.76. The van der Waals surface area contributed by atoms with Crippen molar-refractivity contribution in [2.45, 2.75) is 25.3 Å². The molecule has 1 aliphatic rings. The summed E-state index contributed by atoms with van der Waals surface area (Å²) in [6.07, 6.45) is 1.66. The topological polar surface area (TPSA) is 57.6 Å². The molecule has 18 heavy (non-hydrogen) atoms. The van der Waals surface area contributed by atoms with E-state index in [1.807, 2.05) is 12.1 Å². The summed E-state index contributed by atoms with van der Waals surface area (Å²) < 4.78 is 0.746. The molecular formula is C13H14BrNO3. The maximum Gasteiger partial charge on any atom is 0.305 e. The third-order valence-corrected chi connectivity index (χ3v) is 3.84. The van der Waals surface area contributed by atoms with Crippen LogP contribution in [0, 0.1) is 0 Å². The summed E-state index contributed by atoms with van der Waals surface area (Å²) in [5, 5.41) is 8.85. The molecule has 1 heterocycles. The number of carboxylic acids is 1. The van der Waals surface area contributed by atoms with Crippen LogP contribution < -0.4 is 0 Å². The van der Waals surface area contributed by atoms with Gasteiger partial charge in [-0.1, -0.05) is 12.1 Å². The van der Waals surface area contributed by atoms with Gasteiger partial charge in [0.1, 0.15) is 0 Å². The molecule has 0 saturated carbocycles. The van der Waals surface area contributed by atoms with Crippen LogP contribution in [-0.4, -0.2) is 34.5 Å². The van der Waals surface area contributed by atoms with Crippen molar-refractivity contribution >= 4 is 27.8 Å². The predicted molar refractivity (Wildman–Crippen MR) is 70.5 cm³/mol. The van der Waals surface area contributed by atoms with Crippen molar-refractivity contribution in [2.75, 3.05) is 6.54 Å². The molecule has 1 amide bonds. The first kappa shape index (κ1) is 13.1. The molecule has 1 aromatic carbocycles. The second-order valence-electron chi connectivity index (χ2n) is 4.37. The molecule has 5 heteroatoms. The van der Waals surface area contributed by atoms with Gasteiger partial charge in [-0.15, -0.1) is 0 Å². The Kier molecular flexibility index (Phi) is 4.01. The van der Waals surface area contributed by atoms with Crippen LogP contribution in [0.5, 0.6) is 0 Å². The van der Waals surface area contributed by atoms with Crippen molar-refractivity contribution in [3.05, 3.63) is 34.3 Å². The zero-order chi connectivity index (χ0) is 13.1. The maximum absolute atomic E-state index is 12.4. The van der Waals surface area contributed by atoms with Crippen LogP contribution in [-0.2, 0) is 4.79 Å². The minimum absolute atomic E-state index is 0.0240. The largest absolute Gasteiger partial charge is 0.481 e. The van der Waals surface area contributed by atoms with Crippen LogP contribution in [0.4, 0.5) is 0 Å². The highest BCUT2D eigenvalue weighted by Crippen LogP contribution is 2.25. The third-order valence-electron chi connectivity index (χ3n) is 3.15. The standard InChI is InChI=1S/C13H14BrNO3/c14-11-6-2-1-5-10(11)13(18)15-7-3-4-9(15)8-12(16)17/h1-2,5-6,9H,3-4,7-8H2,(H,16,17). The Labute approximate surface area is 114 Å². The summed E-state index contributed by atoms with van der Waals surface area (Å²) in [5.74, 6) is -0.946.